The van der Waals surface area contributed by atoms with Crippen LogP contribution >= 0.6 is 0 Å². The first kappa shape index (κ1) is 27.9. The minimum absolute atomic E-state index is 0.0144. The van der Waals surface area contributed by atoms with Gasteiger partial charge in [-0.3, -0.25) is 9.59 Å². The Bertz CT molecular complexity index is 1260. The highest BCUT2D eigenvalue weighted by molar-refractivity contribution is 7.89. The zero-order chi connectivity index (χ0) is 26.8. The average molecular weight is 525 g/mol. The molecule has 0 bridgehead atoms. The molecule has 1 atom stereocenters. The molecule has 0 heterocycles. The van der Waals surface area contributed by atoms with Gasteiger partial charge in [0.25, 0.3) is 0 Å². The number of carbonyl (C=O) groups is 2. The van der Waals surface area contributed by atoms with Crippen LogP contribution in [0.15, 0.2) is 89.8 Å². The Hall–Kier alpha value is -3.69. The van der Waals surface area contributed by atoms with E-state index < -0.39 is 40.4 Å². The predicted octanol–water partition coefficient (Wildman–Crippen LogP) is 3.77. The number of methoxy groups -OCH3 is 1. The number of ether oxygens (including phenoxy) is 2. The van der Waals surface area contributed by atoms with Gasteiger partial charge in [-0.15, -0.1) is 0 Å². The maximum absolute atomic E-state index is 13.8. The van der Waals surface area contributed by atoms with Crippen LogP contribution in [0.4, 0.5) is 0 Å². The number of carbonyl (C=O) groups excluding carboxylic acids is 2. The largest absolute Gasteiger partial charge is 0.497 e. The monoisotopic (exact) mass is 524 g/mol. The molecule has 0 aliphatic heterocycles. The molecular weight excluding hydrogens is 492 g/mol. The van der Waals surface area contributed by atoms with Crippen LogP contribution < -0.4 is 10.1 Å². The summed E-state index contributed by atoms with van der Waals surface area (Å²) in [7, 11) is -2.78. The van der Waals surface area contributed by atoms with Crippen LogP contribution in [0.1, 0.15) is 25.0 Å². The number of hydrogen-bond donors (Lipinski definition) is 1. The highest BCUT2D eigenvalue weighted by Gasteiger charge is 2.40. The summed E-state index contributed by atoms with van der Waals surface area (Å²) in [5.41, 5.74) is 1.63. The van der Waals surface area contributed by atoms with Crippen molar-refractivity contribution in [3.63, 3.8) is 0 Å². The van der Waals surface area contributed by atoms with Crippen LogP contribution in [0.25, 0.3) is 0 Å². The molecular formula is C28H32N2O6S. The summed E-state index contributed by atoms with van der Waals surface area (Å²) in [6.07, 6.45) is 0. The zero-order valence-electron chi connectivity index (χ0n) is 21.2. The summed E-state index contributed by atoms with van der Waals surface area (Å²) in [5.74, 6) is -1.26. The third-order valence-electron chi connectivity index (χ3n) is 5.71. The topological polar surface area (TPSA) is 102 Å². The minimum atomic E-state index is -4.26. The predicted molar refractivity (Wildman–Crippen MR) is 140 cm³/mol. The van der Waals surface area contributed by atoms with Gasteiger partial charge in [0, 0.05) is 6.54 Å². The second kappa shape index (κ2) is 13.0. The maximum Gasteiger partial charge on any atom is 0.325 e. The molecule has 9 heteroatoms. The third kappa shape index (κ3) is 7.65. The molecule has 0 saturated heterocycles. The van der Waals surface area contributed by atoms with Crippen molar-refractivity contribution in [1.82, 2.24) is 9.62 Å². The number of sulfonamides is 1. The summed E-state index contributed by atoms with van der Waals surface area (Å²) in [6, 6.07) is 22.9. The summed E-state index contributed by atoms with van der Waals surface area (Å²) >= 11 is 0. The molecule has 0 saturated carbocycles. The van der Waals surface area contributed by atoms with E-state index in [2.05, 4.69) is 5.32 Å². The van der Waals surface area contributed by atoms with Crippen LogP contribution in [-0.4, -0.2) is 44.3 Å². The van der Waals surface area contributed by atoms with E-state index in [0.29, 0.717) is 5.75 Å². The maximum atomic E-state index is 13.8. The molecule has 0 aliphatic carbocycles. The van der Waals surface area contributed by atoms with Gasteiger partial charge in [-0.25, -0.2) is 8.42 Å². The standard InChI is InChI=1S/C28H32N2O6S/c1-21(2)27(28(32)36-20-23-12-8-5-9-13-23)30(19-26(31)29-18-22-10-6-4-7-11-22)37(33,34)25-16-14-24(35-3)15-17-25/h4-17,21,27H,18-20H2,1-3H3,(H,29,31). The Kier molecular flexibility index (Phi) is 9.82. The lowest BCUT2D eigenvalue weighted by molar-refractivity contribution is -0.151. The van der Waals surface area contributed by atoms with Gasteiger partial charge in [-0.05, 0) is 41.3 Å². The zero-order valence-corrected chi connectivity index (χ0v) is 22.0. The van der Waals surface area contributed by atoms with E-state index in [1.54, 1.807) is 26.0 Å². The molecule has 0 spiro atoms. The van der Waals surface area contributed by atoms with E-state index in [9.17, 15) is 18.0 Å². The van der Waals surface area contributed by atoms with Gasteiger partial charge in [0.15, 0.2) is 0 Å². The van der Waals surface area contributed by atoms with Crippen LogP contribution in [0.3, 0.4) is 0 Å². The van der Waals surface area contributed by atoms with Crippen molar-refractivity contribution < 1.29 is 27.5 Å². The quantitative estimate of drug-likeness (QED) is 0.362. The molecule has 0 radical (unpaired) electrons. The number of nitrogens with zero attached hydrogens (tertiary/aromatic N) is 1. The number of nitrogens with one attached hydrogen (secondary N) is 1. The molecule has 196 valence electrons. The van der Waals surface area contributed by atoms with Crippen molar-refractivity contribution in [3.8, 4) is 5.75 Å². The van der Waals surface area contributed by atoms with Crippen molar-refractivity contribution in [2.75, 3.05) is 13.7 Å². The summed E-state index contributed by atoms with van der Waals surface area (Å²) < 4.78 is 39.1. The van der Waals surface area contributed by atoms with Gasteiger partial charge >= 0.3 is 5.97 Å². The van der Waals surface area contributed by atoms with Crippen LogP contribution in [0.5, 0.6) is 5.75 Å². The molecule has 0 aromatic heterocycles. The van der Waals surface area contributed by atoms with Crippen molar-refractivity contribution in [1.29, 1.82) is 0 Å². The Morgan fingerprint density at radius 1 is 0.865 bits per heavy atom. The first-order valence-corrected chi connectivity index (χ1v) is 13.3. The van der Waals surface area contributed by atoms with Gasteiger partial charge in [0.2, 0.25) is 15.9 Å². The third-order valence-corrected chi connectivity index (χ3v) is 7.55. The molecule has 1 N–H and O–H groups in total. The fourth-order valence-corrected chi connectivity index (χ4v) is 5.41. The molecule has 8 nitrogen and oxygen atoms in total. The van der Waals surface area contributed by atoms with Gasteiger partial charge < -0.3 is 14.8 Å². The van der Waals surface area contributed by atoms with E-state index in [1.807, 2.05) is 48.5 Å². The van der Waals surface area contributed by atoms with E-state index in [0.717, 1.165) is 15.4 Å². The van der Waals surface area contributed by atoms with E-state index in [-0.39, 0.29) is 18.0 Å². The lowest BCUT2D eigenvalue weighted by Crippen LogP contribution is -2.52. The number of amides is 1. The van der Waals surface area contributed by atoms with Crippen molar-refractivity contribution in [2.45, 2.75) is 37.9 Å². The van der Waals surface area contributed by atoms with Gasteiger partial charge in [-0.1, -0.05) is 74.5 Å². The summed E-state index contributed by atoms with van der Waals surface area (Å²) in [6.45, 7) is 3.09. The Balaban J connectivity index is 1.88. The average Bonchev–Trinajstić information content (AvgIpc) is 2.91. The number of esters is 1. The molecule has 3 aromatic carbocycles. The van der Waals surface area contributed by atoms with E-state index in [4.69, 9.17) is 9.47 Å². The molecule has 1 unspecified atom stereocenters. The fraction of sp³-hybridized carbons (Fsp3) is 0.286. The van der Waals surface area contributed by atoms with E-state index in [1.165, 1.54) is 31.4 Å². The first-order chi connectivity index (χ1) is 17.7. The van der Waals surface area contributed by atoms with E-state index >= 15 is 0 Å². The number of hydrogen-bond acceptors (Lipinski definition) is 6. The Morgan fingerprint density at radius 2 is 1.43 bits per heavy atom. The fourth-order valence-electron chi connectivity index (χ4n) is 3.75. The number of benzene rings is 3. The SMILES string of the molecule is COc1ccc(S(=O)(=O)N(CC(=O)NCc2ccccc2)C(C(=O)OCc2ccccc2)C(C)C)cc1. The molecule has 3 rings (SSSR count). The molecule has 37 heavy (non-hydrogen) atoms. The van der Waals surface area contributed by atoms with Crippen LogP contribution in [0, 0.1) is 5.92 Å². The van der Waals surface area contributed by atoms with Crippen LogP contribution in [-0.2, 0) is 37.5 Å². The normalized spacial score (nSPS) is 12.2. The van der Waals surface area contributed by atoms with Gasteiger partial charge in [0.1, 0.15) is 18.4 Å². The minimum Gasteiger partial charge on any atom is -0.497 e. The summed E-state index contributed by atoms with van der Waals surface area (Å²) in [4.78, 5) is 26.1. The van der Waals surface area contributed by atoms with Crippen molar-refractivity contribution >= 4 is 21.9 Å². The second-order valence-corrected chi connectivity index (χ2v) is 10.7. The van der Waals surface area contributed by atoms with Crippen molar-refractivity contribution in [3.05, 3.63) is 96.1 Å². The lowest BCUT2D eigenvalue weighted by Gasteiger charge is -2.31. The molecule has 1 amide bonds. The second-order valence-electron chi connectivity index (χ2n) is 8.77. The highest BCUT2D eigenvalue weighted by Crippen LogP contribution is 2.25. The number of rotatable bonds is 12. The molecule has 0 fully saturated rings. The smallest absolute Gasteiger partial charge is 0.325 e. The summed E-state index contributed by atoms with van der Waals surface area (Å²) in [5, 5.41) is 2.74. The lowest BCUT2D eigenvalue weighted by atomic mass is 10.0. The Morgan fingerprint density at radius 3 is 1.97 bits per heavy atom. The highest BCUT2D eigenvalue weighted by atomic mass is 32.2. The Labute approximate surface area is 218 Å². The van der Waals surface area contributed by atoms with Crippen LogP contribution in [0.2, 0.25) is 0 Å². The van der Waals surface area contributed by atoms with Gasteiger partial charge in [0.05, 0.1) is 18.6 Å². The van der Waals surface area contributed by atoms with Crippen molar-refractivity contribution in [2.24, 2.45) is 5.92 Å². The first-order valence-electron chi connectivity index (χ1n) is 11.9. The molecule has 3 aromatic rings. The van der Waals surface area contributed by atoms with Gasteiger partial charge in [-0.2, -0.15) is 4.31 Å². The molecule has 0 aliphatic rings.